The van der Waals surface area contributed by atoms with Gasteiger partial charge in [0.2, 0.25) is 5.82 Å². The number of nitrogens with one attached hydrogen (secondary N) is 1. The monoisotopic (exact) mass is 385 g/mol. The Morgan fingerprint density at radius 3 is 2.81 bits per heavy atom. The van der Waals surface area contributed by atoms with Crippen LogP contribution in [0.1, 0.15) is 29.9 Å². The van der Waals surface area contributed by atoms with E-state index in [4.69, 9.17) is 5.73 Å². The second kappa shape index (κ2) is 7.58. The van der Waals surface area contributed by atoms with Crippen LogP contribution in [0.4, 0.5) is 4.39 Å². The number of aromatic nitrogens is 3. The Morgan fingerprint density at radius 1 is 1.30 bits per heavy atom. The largest absolute Gasteiger partial charge is 0.346 e. The van der Waals surface area contributed by atoms with Crippen molar-refractivity contribution >= 4 is 17.2 Å². The van der Waals surface area contributed by atoms with Crippen LogP contribution >= 0.6 is 11.3 Å². The molecule has 0 spiro atoms. The second-order valence-electron chi connectivity index (χ2n) is 6.63. The predicted octanol–water partition coefficient (Wildman–Crippen LogP) is 2.99. The summed E-state index contributed by atoms with van der Waals surface area (Å²) in [6, 6.07) is 9.84. The minimum Gasteiger partial charge on any atom is -0.346 e. The van der Waals surface area contributed by atoms with Gasteiger partial charge in [-0.15, -0.1) is 16.4 Å². The van der Waals surface area contributed by atoms with Gasteiger partial charge in [0.05, 0.1) is 10.6 Å². The maximum atomic E-state index is 13.3. The number of rotatable bonds is 5. The van der Waals surface area contributed by atoms with Crippen molar-refractivity contribution in [3.63, 3.8) is 0 Å². The molecular formula is C19H20FN5OS. The van der Waals surface area contributed by atoms with E-state index in [9.17, 15) is 9.18 Å². The van der Waals surface area contributed by atoms with Crippen molar-refractivity contribution in [2.45, 2.75) is 25.3 Å². The van der Waals surface area contributed by atoms with Crippen LogP contribution in [0.3, 0.4) is 0 Å². The number of carbonyl (C=O) groups is 1. The number of nitrogens with two attached hydrogens (primary N) is 1. The first-order valence-corrected chi connectivity index (χ1v) is 9.81. The molecular weight excluding hydrogens is 365 g/mol. The molecule has 2 atom stereocenters. The third-order valence-corrected chi connectivity index (χ3v) is 5.77. The minimum absolute atomic E-state index is 0.0606. The van der Waals surface area contributed by atoms with E-state index in [0.717, 1.165) is 24.1 Å². The average molecular weight is 385 g/mol. The van der Waals surface area contributed by atoms with Gasteiger partial charge in [-0.05, 0) is 61.0 Å². The molecule has 1 amide bonds. The lowest BCUT2D eigenvalue weighted by Gasteiger charge is -2.18. The van der Waals surface area contributed by atoms with Crippen molar-refractivity contribution in [2.75, 3.05) is 6.54 Å². The highest BCUT2D eigenvalue weighted by Crippen LogP contribution is 2.27. The molecule has 6 nitrogen and oxygen atoms in total. The summed E-state index contributed by atoms with van der Waals surface area (Å²) in [4.78, 5) is 18.1. The van der Waals surface area contributed by atoms with Crippen molar-refractivity contribution < 1.29 is 9.18 Å². The molecule has 0 radical (unpaired) electrons. The van der Waals surface area contributed by atoms with Gasteiger partial charge in [-0.2, -0.15) is 0 Å². The van der Waals surface area contributed by atoms with E-state index in [1.165, 1.54) is 23.5 Å². The summed E-state index contributed by atoms with van der Waals surface area (Å²) in [5.41, 5.74) is 6.45. The summed E-state index contributed by atoms with van der Waals surface area (Å²) in [7, 11) is 0. The molecule has 27 heavy (non-hydrogen) atoms. The van der Waals surface area contributed by atoms with Crippen LogP contribution in [0, 0.1) is 11.7 Å². The highest BCUT2D eigenvalue weighted by atomic mass is 32.1. The Morgan fingerprint density at radius 2 is 2.11 bits per heavy atom. The molecule has 2 aromatic heterocycles. The maximum Gasteiger partial charge on any atom is 0.291 e. The first-order valence-electron chi connectivity index (χ1n) is 8.93. The lowest BCUT2D eigenvalue weighted by atomic mass is 10.0. The fourth-order valence-corrected chi connectivity index (χ4v) is 4.18. The number of carbonyl (C=O) groups excluding carboxylic acids is 1. The first-order chi connectivity index (χ1) is 13.2. The van der Waals surface area contributed by atoms with Gasteiger partial charge in [-0.1, -0.05) is 12.5 Å². The molecule has 1 aliphatic rings. The fourth-order valence-electron chi connectivity index (χ4n) is 3.48. The fraction of sp³-hybridized carbons (Fsp3) is 0.316. The normalized spacial score (nSPS) is 19.3. The summed E-state index contributed by atoms with van der Waals surface area (Å²) in [6.07, 6.45) is 3.01. The summed E-state index contributed by atoms with van der Waals surface area (Å²) in [5, 5.41) is 9.37. The molecule has 1 aromatic carbocycles. The van der Waals surface area contributed by atoms with Gasteiger partial charge in [-0.3, -0.25) is 4.79 Å². The molecule has 3 aromatic rings. The summed E-state index contributed by atoms with van der Waals surface area (Å²) >= 11 is 1.50. The molecule has 1 fully saturated rings. The van der Waals surface area contributed by atoms with Crippen LogP contribution in [0.5, 0.6) is 0 Å². The van der Waals surface area contributed by atoms with Crippen molar-refractivity contribution in [1.82, 2.24) is 20.1 Å². The van der Waals surface area contributed by atoms with Crippen molar-refractivity contribution in [2.24, 2.45) is 11.7 Å². The summed E-state index contributed by atoms with van der Waals surface area (Å²) in [6.45, 7) is 0.558. The molecule has 0 aliphatic heterocycles. The van der Waals surface area contributed by atoms with E-state index in [0.29, 0.717) is 24.0 Å². The van der Waals surface area contributed by atoms with Crippen molar-refractivity contribution in [3.05, 3.63) is 53.4 Å². The number of nitrogens with zero attached hydrogens (tertiary/aromatic N) is 3. The van der Waals surface area contributed by atoms with Crippen LogP contribution in [0.2, 0.25) is 0 Å². The van der Waals surface area contributed by atoms with E-state index in [2.05, 4.69) is 15.4 Å². The zero-order valence-electron chi connectivity index (χ0n) is 14.6. The number of thiophene rings is 1. The number of hydrogen-bond donors (Lipinski definition) is 2. The summed E-state index contributed by atoms with van der Waals surface area (Å²) in [5.74, 6) is 0.321. The van der Waals surface area contributed by atoms with Crippen LogP contribution in [-0.2, 0) is 0 Å². The third kappa shape index (κ3) is 3.63. The van der Waals surface area contributed by atoms with Gasteiger partial charge in [0.25, 0.3) is 5.91 Å². The third-order valence-electron chi connectivity index (χ3n) is 4.90. The van der Waals surface area contributed by atoms with Gasteiger partial charge in [0.1, 0.15) is 5.82 Å². The van der Waals surface area contributed by atoms with E-state index in [1.807, 2.05) is 17.5 Å². The predicted molar refractivity (Wildman–Crippen MR) is 102 cm³/mol. The lowest BCUT2D eigenvalue weighted by Crippen LogP contribution is -2.40. The van der Waals surface area contributed by atoms with Gasteiger partial charge >= 0.3 is 0 Å². The second-order valence-corrected chi connectivity index (χ2v) is 7.58. The molecule has 4 rings (SSSR count). The van der Waals surface area contributed by atoms with Crippen molar-refractivity contribution in [1.29, 1.82) is 0 Å². The smallest absolute Gasteiger partial charge is 0.291 e. The van der Waals surface area contributed by atoms with E-state index >= 15 is 0 Å². The molecule has 3 N–H and O–H groups in total. The quantitative estimate of drug-likeness (QED) is 0.707. The molecule has 140 valence electrons. The number of amides is 1. The molecule has 0 saturated heterocycles. The molecule has 8 heteroatoms. The molecule has 0 bridgehead atoms. The Bertz CT molecular complexity index is 922. The van der Waals surface area contributed by atoms with Crippen LogP contribution in [0.15, 0.2) is 41.8 Å². The van der Waals surface area contributed by atoms with Crippen LogP contribution < -0.4 is 11.1 Å². The first kappa shape index (κ1) is 17.8. The number of hydrogen-bond acceptors (Lipinski definition) is 5. The highest BCUT2D eigenvalue weighted by Gasteiger charge is 2.29. The maximum absolute atomic E-state index is 13.3. The number of benzene rings is 1. The highest BCUT2D eigenvalue weighted by molar-refractivity contribution is 7.13. The average Bonchev–Trinajstić information content (AvgIpc) is 3.42. The Balaban J connectivity index is 1.67. The van der Waals surface area contributed by atoms with Gasteiger partial charge in [-0.25, -0.2) is 14.1 Å². The molecule has 2 heterocycles. The lowest BCUT2D eigenvalue weighted by molar-refractivity contribution is 0.0918. The van der Waals surface area contributed by atoms with E-state index in [-0.39, 0.29) is 23.6 Å². The van der Waals surface area contributed by atoms with Crippen LogP contribution in [-0.4, -0.2) is 33.3 Å². The standard InChI is InChI=1S/C19H20FN5OS/c20-13-6-8-14(9-7-13)25-18(16-5-2-10-27-16)23-17(24-25)19(26)22-15-4-1-3-12(15)11-21/h2,5-10,12,15H,1,3-4,11,21H2,(H,22,26). The molecule has 1 aliphatic carbocycles. The minimum atomic E-state index is -0.330. The van der Waals surface area contributed by atoms with Gasteiger partial charge < -0.3 is 11.1 Å². The topological polar surface area (TPSA) is 85.8 Å². The van der Waals surface area contributed by atoms with Crippen molar-refractivity contribution in [3.8, 4) is 16.4 Å². The molecule has 1 saturated carbocycles. The Kier molecular flexibility index (Phi) is 5.00. The molecule has 2 unspecified atom stereocenters. The van der Waals surface area contributed by atoms with E-state index < -0.39 is 0 Å². The summed E-state index contributed by atoms with van der Waals surface area (Å²) < 4.78 is 14.9. The Labute approximate surface area is 160 Å². The zero-order valence-corrected chi connectivity index (χ0v) is 15.5. The zero-order chi connectivity index (χ0) is 18.8. The van der Waals surface area contributed by atoms with E-state index in [1.54, 1.807) is 16.8 Å². The van der Waals surface area contributed by atoms with Gasteiger partial charge in [0.15, 0.2) is 5.82 Å². The Hall–Kier alpha value is -2.58. The number of halogens is 1. The van der Waals surface area contributed by atoms with Gasteiger partial charge in [0, 0.05) is 6.04 Å². The van der Waals surface area contributed by atoms with Crippen LogP contribution in [0.25, 0.3) is 16.4 Å². The SMILES string of the molecule is NCC1CCCC1NC(=O)c1nc(-c2cccs2)n(-c2ccc(F)cc2)n1.